The molecule has 1 heterocycles. The molecular formula is C24H30N2O4S. The molecule has 1 N–H and O–H groups in total. The topological polar surface area (TPSA) is 85.2 Å². The van der Waals surface area contributed by atoms with Gasteiger partial charge in [0, 0.05) is 12.2 Å². The second kappa shape index (κ2) is 9.64. The monoisotopic (exact) mass is 442 g/mol. The number of amides is 1. The second-order valence-electron chi connectivity index (χ2n) is 8.21. The van der Waals surface area contributed by atoms with E-state index in [0.29, 0.717) is 17.8 Å². The van der Waals surface area contributed by atoms with Gasteiger partial charge in [0.15, 0.2) is 0 Å². The van der Waals surface area contributed by atoms with Gasteiger partial charge in [-0.25, -0.2) is 8.42 Å². The highest BCUT2D eigenvalue weighted by atomic mass is 32.2. The number of rotatable bonds is 7. The molecule has 31 heavy (non-hydrogen) atoms. The third-order valence-electron chi connectivity index (χ3n) is 5.70. The van der Waals surface area contributed by atoms with Gasteiger partial charge >= 0.3 is 0 Å². The van der Waals surface area contributed by atoms with E-state index in [-0.39, 0.29) is 22.2 Å². The number of hydrogen-bond acceptors (Lipinski definition) is 4. The number of hydrogen-bond donors (Lipinski definition) is 1. The standard InChI is InChI=1S/C24H30N2O4S/c1-17-9-11-21(12-10-17)31(29,30)23-18(2)15-19(3)26(24(23)28)16-22(27)25-14-13-20-7-5-4-6-8-20/h7,9-12,15H,4-6,8,13-14,16H2,1-3H3,(H,25,27). The first kappa shape index (κ1) is 23.0. The Morgan fingerprint density at radius 3 is 2.45 bits per heavy atom. The van der Waals surface area contributed by atoms with Crippen molar-refractivity contribution in [3.05, 3.63) is 69.2 Å². The molecule has 0 fully saturated rings. The molecule has 1 aliphatic carbocycles. The minimum absolute atomic E-state index is 0.0684. The van der Waals surface area contributed by atoms with Gasteiger partial charge in [0.1, 0.15) is 11.4 Å². The molecule has 6 nitrogen and oxygen atoms in total. The van der Waals surface area contributed by atoms with Crippen LogP contribution in [0.5, 0.6) is 0 Å². The van der Waals surface area contributed by atoms with Crippen LogP contribution in [0.2, 0.25) is 0 Å². The van der Waals surface area contributed by atoms with E-state index in [1.54, 1.807) is 32.0 Å². The molecular weight excluding hydrogens is 412 g/mol. The number of aromatic nitrogens is 1. The Labute approximate surface area is 183 Å². The summed E-state index contributed by atoms with van der Waals surface area (Å²) in [5.41, 5.74) is 2.56. The highest BCUT2D eigenvalue weighted by molar-refractivity contribution is 7.91. The number of carbonyl (C=O) groups is 1. The van der Waals surface area contributed by atoms with E-state index in [0.717, 1.165) is 24.8 Å². The van der Waals surface area contributed by atoms with Crippen LogP contribution in [0, 0.1) is 20.8 Å². The molecule has 0 saturated heterocycles. The Morgan fingerprint density at radius 2 is 1.81 bits per heavy atom. The Hall–Kier alpha value is -2.67. The van der Waals surface area contributed by atoms with Gasteiger partial charge in [-0.2, -0.15) is 0 Å². The normalized spacial score (nSPS) is 14.2. The summed E-state index contributed by atoms with van der Waals surface area (Å²) in [6, 6.07) is 8.04. The van der Waals surface area contributed by atoms with Crippen molar-refractivity contribution in [3.8, 4) is 0 Å². The van der Waals surface area contributed by atoms with Gasteiger partial charge in [0.25, 0.3) is 5.56 Å². The number of aryl methyl sites for hydroxylation is 3. The summed E-state index contributed by atoms with van der Waals surface area (Å²) in [5.74, 6) is -0.302. The van der Waals surface area contributed by atoms with E-state index < -0.39 is 15.4 Å². The Bertz CT molecular complexity index is 1160. The average molecular weight is 443 g/mol. The maximum absolute atomic E-state index is 13.2. The van der Waals surface area contributed by atoms with Crippen molar-refractivity contribution in [1.82, 2.24) is 9.88 Å². The molecule has 0 unspecified atom stereocenters. The molecule has 0 atom stereocenters. The van der Waals surface area contributed by atoms with Crippen LogP contribution in [0.4, 0.5) is 0 Å². The second-order valence-corrected chi connectivity index (χ2v) is 10.1. The smallest absolute Gasteiger partial charge is 0.270 e. The number of allylic oxidation sites excluding steroid dienone is 1. The predicted octanol–water partition coefficient (Wildman–Crippen LogP) is 3.61. The fraction of sp³-hybridized carbons (Fsp3) is 0.417. The Balaban J connectivity index is 1.81. The summed E-state index contributed by atoms with van der Waals surface area (Å²) in [5, 5.41) is 2.85. The number of sulfone groups is 1. The maximum atomic E-state index is 13.2. The highest BCUT2D eigenvalue weighted by Crippen LogP contribution is 2.22. The lowest BCUT2D eigenvalue weighted by Gasteiger charge is -2.16. The fourth-order valence-corrected chi connectivity index (χ4v) is 5.51. The van der Waals surface area contributed by atoms with Crippen molar-refractivity contribution < 1.29 is 13.2 Å². The van der Waals surface area contributed by atoms with Crippen molar-refractivity contribution in [2.75, 3.05) is 6.54 Å². The molecule has 1 amide bonds. The van der Waals surface area contributed by atoms with E-state index in [1.165, 1.54) is 35.1 Å². The van der Waals surface area contributed by atoms with E-state index >= 15 is 0 Å². The average Bonchev–Trinajstić information content (AvgIpc) is 2.72. The van der Waals surface area contributed by atoms with Crippen molar-refractivity contribution in [2.45, 2.75) is 69.2 Å². The Morgan fingerprint density at radius 1 is 1.10 bits per heavy atom. The highest BCUT2D eigenvalue weighted by Gasteiger charge is 2.26. The number of benzene rings is 1. The largest absolute Gasteiger partial charge is 0.354 e. The van der Waals surface area contributed by atoms with Crippen LogP contribution < -0.4 is 10.9 Å². The molecule has 166 valence electrons. The van der Waals surface area contributed by atoms with Gasteiger partial charge in [-0.05, 0) is 76.6 Å². The van der Waals surface area contributed by atoms with E-state index in [9.17, 15) is 18.0 Å². The summed E-state index contributed by atoms with van der Waals surface area (Å²) in [6.45, 7) is 5.48. The summed E-state index contributed by atoms with van der Waals surface area (Å²) >= 11 is 0. The molecule has 7 heteroatoms. The van der Waals surface area contributed by atoms with Crippen molar-refractivity contribution in [3.63, 3.8) is 0 Å². The number of pyridine rings is 1. The first-order chi connectivity index (χ1) is 14.7. The molecule has 1 aliphatic rings. The van der Waals surface area contributed by atoms with Crippen LogP contribution in [0.1, 0.15) is 48.9 Å². The van der Waals surface area contributed by atoms with Gasteiger partial charge in [-0.1, -0.05) is 29.3 Å². The minimum Gasteiger partial charge on any atom is -0.354 e. The molecule has 0 bridgehead atoms. The lowest BCUT2D eigenvalue weighted by atomic mass is 9.97. The van der Waals surface area contributed by atoms with Gasteiger partial charge in [-0.3, -0.25) is 9.59 Å². The van der Waals surface area contributed by atoms with Crippen molar-refractivity contribution in [1.29, 1.82) is 0 Å². The quantitative estimate of drug-likeness (QED) is 0.664. The van der Waals surface area contributed by atoms with Crippen LogP contribution in [0.25, 0.3) is 0 Å². The van der Waals surface area contributed by atoms with Crippen LogP contribution in [-0.2, 0) is 21.2 Å². The molecule has 0 radical (unpaired) electrons. The summed E-state index contributed by atoms with van der Waals surface area (Å²) < 4.78 is 27.6. The first-order valence-corrected chi connectivity index (χ1v) is 12.2. The van der Waals surface area contributed by atoms with Gasteiger partial charge in [0.05, 0.1) is 4.90 Å². The zero-order valence-corrected chi connectivity index (χ0v) is 19.2. The maximum Gasteiger partial charge on any atom is 0.270 e. The molecule has 1 aromatic carbocycles. The number of carbonyl (C=O) groups excluding carboxylic acids is 1. The molecule has 2 aromatic rings. The fourth-order valence-electron chi connectivity index (χ4n) is 3.96. The van der Waals surface area contributed by atoms with Gasteiger partial charge in [0.2, 0.25) is 15.7 Å². The van der Waals surface area contributed by atoms with E-state index in [4.69, 9.17) is 0 Å². The summed E-state index contributed by atoms with van der Waals surface area (Å²) in [6.07, 6.45) is 7.63. The van der Waals surface area contributed by atoms with Crippen LogP contribution >= 0.6 is 0 Å². The zero-order chi connectivity index (χ0) is 22.6. The van der Waals surface area contributed by atoms with E-state index in [2.05, 4.69) is 11.4 Å². The lowest BCUT2D eigenvalue weighted by molar-refractivity contribution is -0.121. The molecule has 0 saturated carbocycles. The van der Waals surface area contributed by atoms with Gasteiger partial charge in [-0.15, -0.1) is 0 Å². The number of nitrogens with one attached hydrogen (secondary N) is 1. The SMILES string of the molecule is Cc1ccc(S(=O)(=O)c2c(C)cc(C)n(CC(=O)NCCC3=CCCCC3)c2=O)cc1. The third-order valence-corrected chi connectivity index (χ3v) is 7.63. The molecule has 0 spiro atoms. The summed E-state index contributed by atoms with van der Waals surface area (Å²) in [7, 11) is -4.00. The number of nitrogens with zero attached hydrogens (tertiary/aromatic N) is 1. The van der Waals surface area contributed by atoms with Crippen molar-refractivity contribution >= 4 is 15.7 Å². The van der Waals surface area contributed by atoms with Crippen LogP contribution in [-0.4, -0.2) is 25.4 Å². The Kier molecular flexibility index (Phi) is 7.15. The minimum atomic E-state index is -4.00. The lowest BCUT2D eigenvalue weighted by Crippen LogP contribution is -2.36. The van der Waals surface area contributed by atoms with Crippen molar-refractivity contribution in [2.24, 2.45) is 0 Å². The summed E-state index contributed by atoms with van der Waals surface area (Å²) in [4.78, 5) is 25.4. The van der Waals surface area contributed by atoms with Crippen LogP contribution in [0.15, 0.2) is 56.6 Å². The molecule has 0 aliphatic heterocycles. The van der Waals surface area contributed by atoms with Gasteiger partial charge < -0.3 is 9.88 Å². The zero-order valence-electron chi connectivity index (χ0n) is 18.4. The predicted molar refractivity (Wildman–Crippen MR) is 121 cm³/mol. The van der Waals surface area contributed by atoms with E-state index in [1.807, 2.05) is 6.92 Å². The molecule has 1 aromatic heterocycles. The first-order valence-electron chi connectivity index (χ1n) is 10.7. The molecule has 3 rings (SSSR count). The third kappa shape index (κ3) is 5.34. The van der Waals surface area contributed by atoms with Crippen LogP contribution in [0.3, 0.4) is 0 Å².